The van der Waals surface area contributed by atoms with Gasteiger partial charge in [0.1, 0.15) is 5.82 Å². The van der Waals surface area contributed by atoms with E-state index in [1.807, 2.05) is 13.8 Å². The first-order valence-electron chi connectivity index (χ1n) is 4.51. The van der Waals surface area contributed by atoms with Crippen molar-refractivity contribution in [3.05, 3.63) is 5.82 Å². The summed E-state index contributed by atoms with van der Waals surface area (Å²) in [6.45, 7) is 4.58. The molecule has 6 heteroatoms. The second-order valence-electron chi connectivity index (χ2n) is 2.84. The molecule has 0 aliphatic rings. The molecule has 0 saturated heterocycles. The maximum atomic E-state index is 11.2. The van der Waals surface area contributed by atoms with Crippen LogP contribution in [0.1, 0.15) is 19.2 Å². The fourth-order valence-corrected chi connectivity index (χ4v) is 1.51. The first-order valence-corrected chi connectivity index (χ1v) is 5.49. The van der Waals surface area contributed by atoms with Gasteiger partial charge in [-0.05, 0) is 13.3 Å². The van der Waals surface area contributed by atoms with Gasteiger partial charge in [0, 0.05) is 6.54 Å². The molecule has 0 atom stereocenters. The zero-order valence-corrected chi connectivity index (χ0v) is 9.15. The van der Waals surface area contributed by atoms with Crippen molar-refractivity contribution in [2.24, 2.45) is 0 Å². The predicted molar refractivity (Wildman–Crippen MR) is 55.1 cm³/mol. The lowest BCUT2D eigenvalue weighted by Gasteiger charge is -2.00. The summed E-state index contributed by atoms with van der Waals surface area (Å²) in [5.41, 5.74) is 0. The van der Waals surface area contributed by atoms with E-state index in [0.717, 1.165) is 18.8 Å². The number of nitrogens with one attached hydrogen (secondary N) is 2. The highest BCUT2D eigenvalue weighted by atomic mass is 32.2. The van der Waals surface area contributed by atoms with E-state index in [0.29, 0.717) is 10.9 Å². The summed E-state index contributed by atoms with van der Waals surface area (Å²) in [6, 6.07) is 0. The van der Waals surface area contributed by atoms with E-state index in [2.05, 4.69) is 20.5 Å². The van der Waals surface area contributed by atoms with Crippen molar-refractivity contribution in [3.63, 3.8) is 0 Å². The van der Waals surface area contributed by atoms with Crippen LogP contribution in [0.3, 0.4) is 0 Å². The molecule has 0 saturated carbocycles. The summed E-state index contributed by atoms with van der Waals surface area (Å²) in [7, 11) is 0. The van der Waals surface area contributed by atoms with Gasteiger partial charge < -0.3 is 5.32 Å². The Morgan fingerprint density at radius 2 is 2.43 bits per heavy atom. The topological polar surface area (TPSA) is 70.7 Å². The number of aryl methyl sites for hydroxylation is 1. The number of thioether (sulfide) groups is 1. The third-order valence-corrected chi connectivity index (χ3v) is 2.33. The van der Waals surface area contributed by atoms with Gasteiger partial charge in [0.05, 0.1) is 5.75 Å². The fraction of sp³-hybridized carbons (Fsp3) is 0.625. The van der Waals surface area contributed by atoms with Crippen LogP contribution in [0.2, 0.25) is 0 Å². The third kappa shape index (κ3) is 3.78. The second-order valence-corrected chi connectivity index (χ2v) is 3.78. The van der Waals surface area contributed by atoms with Gasteiger partial charge >= 0.3 is 0 Å². The highest BCUT2D eigenvalue weighted by Gasteiger charge is 2.04. The van der Waals surface area contributed by atoms with Crippen LogP contribution in [0.25, 0.3) is 0 Å². The Morgan fingerprint density at radius 1 is 1.64 bits per heavy atom. The lowest BCUT2D eigenvalue weighted by atomic mass is 10.5. The molecule has 78 valence electrons. The van der Waals surface area contributed by atoms with E-state index >= 15 is 0 Å². The van der Waals surface area contributed by atoms with E-state index in [1.165, 1.54) is 11.8 Å². The fourth-order valence-electron chi connectivity index (χ4n) is 0.832. The molecule has 0 bridgehead atoms. The molecular weight excluding hydrogens is 200 g/mol. The molecule has 0 fully saturated rings. The number of amides is 1. The minimum Gasteiger partial charge on any atom is -0.355 e. The molecule has 0 spiro atoms. The van der Waals surface area contributed by atoms with Crippen LogP contribution in [-0.4, -0.2) is 33.4 Å². The summed E-state index contributed by atoms with van der Waals surface area (Å²) in [5.74, 6) is 1.16. The Bertz CT molecular complexity index is 299. The summed E-state index contributed by atoms with van der Waals surface area (Å²) >= 11 is 1.33. The van der Waals surface area contributed by atoms with Crippen LogP contribution in [0.15, 0.2) is 5.16 Å². The minimum atomic E-state index is 0.0271. The van der Waals surface area contributed by atoms with Gasteiger partial charge in [0.2, 0.25) is 11.1 Å². The van der Waals surface area contributed by atoms with Crippen molar-refractivity contribution in [2.75, 3.05) is 12.3 Å². The van der Waals surface area contributed by atoms with Crippen molar-refractivity contribution >= 4 is 17.7 Å². The van der Waals surface area contributed by atoms with E-state index < -0.39 is 0 Å². The molecule has 1 amide bonds. The molecule has 1 aromatic heterocycles. The van der Waals surface area contributed by atoms with Gasteiger partial charge in [-0.1, -0.05) is 18.7 Å². The molecule has 1 aromatic rings. The van der Waals surface area contributed by atoms with E-state index in [9.17, 15) is 4.79 Å². The lowest BCUT2D eigenvalue weighted by molar-refractivity contribution is -0.118. The quantitative estimate of drug-likeness (QED) is 0.709. The van der Waals surface area contributed by atoms with E-state index in [-0.39, 0.29) is 5.91 Å². The van der Waals surface area contributed by atoms with Crippen LogP contribution >= 0.6 is 11.8 Å². The number of hydrogen-bond donors (Lipinski definition) is 2. The molecule has 14 heavy (non-hydrogen) atoms. The number of aromatic nitrogens is 3. The van der Waals surface area contributed by atoms with Gasteiger partial charge in [0.15, 0.2) is 0 Å². The monoisotopic (exact) mass is 214 g/mol. The molecule has 0 radical (unpaired) electrons. The molecule has 0 aliphatic carbocycles. The lowest BCUT2D eigenvalue weighted by Crippen LogP contribution is -2.25. The third-order valence-electron chi connectivity index (χ3n) is 1.48. The van der Waals surface area contributed by atoms with E-state index in [4.69, 9.17) is 0 Å². The molecule has 0 unspecified atom stereocenters. The van der Waals surface area contributed by atoms with Gasteiger partial charge in [-0.25, -0.2) is 4.98 Å². The number of H-pyrrole nitrogens is 1. The number of nitrogens with zero attached hydrogens (tertiary/aromatic N) is 2. The second kappa shape index (κ2) is 5.64. The minimum absolute atomic E-state index is 0.0271. The van der Waals surface area contributed by atoms with Crippen LogP contribution in [0.4, 0.5) is 0 Å². The van der Waals surface area contributed by atoms with Crippen molar-refractivity contribution < 1.29 is 4.79 Å². The SMILES string of the molecule is CCCNC(=O)CSc1n[nH]c(C)n1. The largest absolute Gasteiger partial charge is 0.355 e. The van der Waals surface area contributed by atoms with Crippen molar-refractivity contribution in [1.29, 1.82) is 0 Å². The maximum absolute atomic E-state index is 11.2. The Hall–Kier alpha value is -1.04. The molecule has 2 N–H and O–H groups in total. The van der Waals surface area contributed by atoms with Crippen LogP contribution in [0.5, 0.6) is 0 Å². The number of aromatic amines is 1. The Morgan fingerprint density at radius 3 is 3.00 bits per heavy atom. The molecule has 0 aliphatic heterocycles. The van der Waals surface area contributed by atoms with Gasteiger partial charge in [-0.15, -0.1) is 5.10 Å². The number of carbonyl (C=O) groups excluding carboxylic acids is 1. The summed E-state index contributed by atoms with van der Waals surface area (Å²) < 4.78 is 0. The molecule has 0 aromatic carbocycles. The van der Waals surface area contributed by atoms with Gasteiger partial charge in [0.25, 0.3) is 0 Å². The summed E-state index contributed by atoms with van der Waals surface area (Å²) in [6.07, 6.45) is 0.955. The average molecular weight is 214 g/mol. The summed E-state index contributed by atoms with van der Waals surface area (Å²) in [5, 5.41) is 10.0. The van der Waals surface area contributed by atoms with Gasteiger partial charge in [-0.2, -0.15) is 0 Å². The van der Waals surface area contributed by atoms with Crippen LogP contribution < -0.4 is 5.32 Å². The zero-order valence-electron chi connectivity index (χ0n) is 8.33. The van der Waals surface area contributed by atoms with Crippen molar-refractivity contribution in [2.45, 2.75) is 25.4 Å². The zero-order chi connectivity index (χ0) is 10.4. The highest BCUT2D eigenvalue weighted by molar-refractivity contribution is 7.99. The first-order chi connectivity index (χ1) is 6.72. The van der Waals surface area contributed by atoms with Crippen molar-refractivity contribution in [1.82, 2.24) is 20.5 Å². The molecule has 1 rings (SSSR count). The maximum Gasteiger partial charge on any atom is 0.230 e. The average Bonchev–Trinajstić information content (AvgIpc) is 2.58. The van der Waals surface area contributed by atoms with Crippen molar-refractivity contribution in [3.8, 4) is 0 Å². The Labute approximate surface area is 87.1 Å². The molecule has 5 nitrogen and oxygen atoms in total. The molecular formula is C8H14N4OS. The predicted octanol–water partition coefficient (Wildman–Crippen LogP) is 0.731. The first kappa shape index (κ1) is 11.0. The van der Waals surface area contributed by atoms with Crippen LogP contribution in [-0.2, 0) is 4.79 Å². The normalized spacial score (nSPS) is 10.1. The molecule has 1 heterocycles. The van der Waals surface area contributed by atoms with E-state index in [1.54, 1.807) is 0 Å². The smallest absolute Gasteiger partial charge is 0.230 e. The number of rotatable bonds is 5. The Balaban J connectivity index is 2.23. The Kier molecular flexibility index (Phi) is 4.45. The number of carbonyl (C=O) groups is 1. The highest BCUT2D eigenvalue weighted by Crippen LogP contribution is 2.10. The summed E-state index contributed by atoms with van der Waals surface area (Å²) in [4.78, 5) is 15.3. The standard InChI is InChI=1S/C8H14N4OS/c1-3-4-9-7(13)5-14-8-10-6(2)11-12-8/h3-5H2,1-2H3,(H,9,13)(H,10,11,12). The van der Waals surface area contributed by atoms with Crippen LogP contribution in [0, 0.1) is 6.92 Å². The van der Waals surface area contributed by atoms with Gasteiger partial charge in [-0.3, -0.25) is 9.89 Å². The number of hydrogen-bond acceptors (Lipinski definition) is 4.